The molecule has 0 radical (unpaired) electrons. The maximum absolute atomic E-state index is 11.7. The molecule has 0 atom stereocenters. The van der Waals surface area contributed by atoms with Crippen LogP contribution in [0.5, 0.6) is 0 Å². The Hall–Kier alpha value is -2.60. The van der Waals surface area contributed by atoms with E-state index < -0.39 is 10.1 Å². The largest absolute Gasteiger partial charge is 0.294 e. The van der Waals surface area contributed by atoms with Crippen LogP contribution in [0.4, 0.5) is 0 Å². The molecule has 0 saturated carbocycles. The Balaban J connectivity index is 0.00000106. The highest BCUT2D eigenvalue weighted by Crippen LogP contribution is 2.46. The van der Waals surface area contributed by atoms with Gasteiger partial charge in [-0.2, -0.15) is 14.3 Å². The van der Waals surface area contributed by atoms with E-state index in [1.165, 1.54) is 12.1 Å². The van der Waals surface area contributed by atoms with Crippen molar-refractivity contribution in [3.63, 3.8) is 0 Å². The van der Waals surface area contributed by atoms with Gasteiger partial charge in [0, 0.05) is 21.4 Å². The number of fused-ring (bicyclic) bond motifs is 4. The van der Waals surface area contributed by atoms with Crippen LogP contribution in [0, 0.1) is 0 Å². The molecule has 0 amide bonds. The van der Waals surface area contributed by atoms with Crippen molar-refractivity contribution in [1.29, 1.82) is 0 Å². The van der Waals surface area contributed by atoms with E-state index in [0.29, 0.717) is 33.4 Å². The van der Waals surface area contributed by atoms with Gasteiger partial charge in [-0.3, -0.25) is 4.55 Å². The lowest BCUT2D eigenvalue weighted by Gasteiger charge is -2.06. The zero-order valence-corrected chi connectivity index (χ0v) is 17.6. The van der Waals surface area contributed by atoms with Crippen LogP contribution < -0.4 is 5.90 Å². The third-order valence-corrected chi connectivity index (χ3v) is 5.99. The Kier molecular flexibility index (Phi) is 5.45. The average molecular weight is 444 g/mol. The van der Waals surface area contributed by atoms with Gasteiger partial charge in [0.2, 0.25) is 0 Å². The average Bonchev–Trinajstić information content (AvgIpc) is 3.06. The lowest BCUT2D eigenvalue weighted by molar-refractivity contribution is -0.195. The summed E-state index contributed by atoms with van der Waals surface area (Å²) in [5.74, 6) is 4.87. The Morgan fingerprint density at radius 3 is 2.43 bits per heavy atom. The van der Waals surface area contributed by atoms with E-state index in [-0.39, 0.29) is 4.90 Å². The maximum Gasteiger partial charge on any atom is 0.294 e. The zero-order valence-electron chi connectivity index (χ0n) is 16.0. The topological polar surface area (TPSA) is 125 Å². The molecule has 0 bridgehead atoms. The number of rotatable bonds is 4. The standard InChI is InChI=1S/C18H11N3O5S2.C2H6/c19-25-26-27-10-4-5-14-15(7-10)21-17-12-3-1-2-9-6-11(28(22,23)24)8-13(16(9)12)18(17)20-14;1-2/h1-8H,19H2,(H,22,23,24);1-2H3. The lowest BCUT2D eigenvalue weighted by atomic mass is 10.0. The fourth-order valence-corrected chi connectivity index (χ4v) is 4.40. The summed E-state index contributed by atoms with van der Waals surface area (Å²) >= 11 is 0.945. The van der Waals surface area contributed by atoms with Gasteiger partial charge in [-0.05, 0) is 35.7 Å². The first-order valence-corrected chi connectivity index (χ1v) is 11.2. The quantitative estimate of drug-likeness (QED) is 0.178. The molecule has 3 aromatic carbocycles. The molecule has 4 aromatic rings. The molecular formula is C20H17N3O5S2. The van der Waals surface area contributed by atoms with Gasteiger partial charge in [-0.25, -0.2) is 9.97 Å². The summed E-state index contributed by atoms with van der Waals surface area (Å²) < 4.78 is 37.6. The third kappa shape index (κ3) is 3.43. The smallest absolute Gasteiger partial charge is 0.282 e. The Labute approximate surface area is 176 Å². The summed E-state index contributed by atoms with van der Waals surface area (Å²) in [6.45, 7) is 4.00. The van der Waals surface area contributed by atoms with Crippen LogP contribution >= 0.6 is 12.0 Å². The van der Waals surface area contributed by atoms with Crippen molar-refractivity contribution < 1.29 is 22.3 Å². The Morgan fingerprint density at radius 2 is 1.70 bits per heavy atom. The number of hydrogen-bond donors (Lipinski definition) is 2. The summed E-state index contributed by atoms with van der Waals surface area (Å²) in [4.78, 5) is 14.1. The highest BCUT2D eigenvalue weighted by molar-refractivity contribution is 7.94. The highest BCUT2D eigenvalue weighted by Gasteiger charge is 2.27. The van der Waals surface area contributed by atoms with E-state index in [1.807, 2.05) is 26.0 Å². The molecule has 0 fully saturated rings. The lowest BCUT2D eigenvalue weighted by Crippen LogP contribution is -1.98. The molecule has 10 heteroatoms. The molecule has 30 heavy (non-hydrogen) atoms. The van der Waals surface area contributed by atoms with Crippen molar-refractivity contribution in [3.8, 4) is 22.5 Å². The molecule has 0 saturated heterocycles. The highest BCUT2D eigenvalue weighted by atomic mass is 32.2. The van der Waals surface area contributed by atoms with E-state index in [9.17, 15) is 13.0 Å². The summed E-state index contributed by atoms with van der Waals surface area (Å²) in [5.41, 5.74) is 3.99. The molecule has 3 N–H and O–H groups in total. The van der Waals surface area contributed by atoms with E-state index in [1.54, 1.807) is 24.3 Å². The van der Waals surface area contributed by atoms with Gasteiger partial charge in [0.25, 0.3) is 10.1 Å². The van der Waals surface area contributed by atoms with Crippen LogP contribution in [-0.2, 0) is 19.4 Å². The van der Waals surface area contributed by atoms with Crippen LogP contribution in [0.15, 0.2) is 58.3 Å². The van der Waals surface area contributed by atoms with E-state index in [0.717, 1.165) is 27.9 Å². The van der Waals surface area contributed by atoms with Gasteiger partial charge in [0.15, 0.2) is 0 Å². The molecule has 0 aliphatic heterocycles. The predicted molar refractivity (Wildman–Crippen MR) is 115 cm³/mol. The molecule has 0 spiro atoms. The van der Waals surface area contributed by atoms with E-state index in [4.69, 9.17) is 15.9 Å². The molecule has 154 valence electrons. The van der Waals surface area contributed by atoms with Gasteiger partial charge in [0.05, 0.1) is 39.4 Å². The minimum absolute atomic E-state index is 0.174. The van der Waals surface area contributed by atoms with Crippen molar-refractivity contribution in [1.82, 2.24) is 9.97 Å². The monoisotopic (exact) mass is 443 g/mol. The third-order valence-electron chi connectivity index (χ3n) is 4.56. The normalized spacial score (nSPS) is 12.0. The first-order chi connectivity index (χ1) is 14.5. The fraction of sp³-hybridized carbons (Fsp3) is 0.100. The number of nitrogens with zero attached hydrogens (tertiary/aromatic N) is 2. The van der Waals surface area contributed by atoms with Crippen LogP contribution in [0.2, 0.25) is 0 Å². The first kappa shape index (κ1) is 20.7. The van der Waals surface area contributed by atoms with Crippen LogP contribution in [0.1, 0.15) is 13.8 Å². The van der Waals surface area contributed by atoms with Crippen LogP contribution in [0.25, 0.3) is 44.3 Å². The van der Waals surface area contributed by atoms with Gasteiger partial charge in [-0.1, -0.05) is 32.0 Å². The van der Waals surface area contributed by atoms with Crippen molar-refractivity contribution in [2.45, 2.75) is 23.6 Å². The van der Waals surface area contributed by atoms with E-state index >= 15 is 0 Å². The fourth-order valence-electron chi connectivity index (χ4n) is 3.45. The molecule has 1 aliphatic rings. The minimum atomic E-state index is -4.35. The molecule has 8 nitrogen and oxygen atoms in total. The van der Waals surface area contributed by atoms with Crippen molar-refractivity contribution in [3.05, 3.63) is 48.5 Å². The summed E-state index contributed by atoms with van der Waals surface area (Å²) in [6, 6.07) is 13.7. The van der Waals surface area contributed by atoms with Gasteiger partial charge in [0.1, 0.15) is 0 Å². The number of hydrogen-bond acceptors (Lipinski definition) is 8. The molecule has 5 rings (SSSR count). The first-order valence-electron chi connectivity index (χ1n) is 9.02. The van der Waals surface area contributed by atoms with E-state index in [2.05, 4.69) is 9.32 Å². The summed E-state index contributed by atoms with van der Waals surface area (Å²) in [6.07, 6.45) is 0. The molecule has 1 aliphatic carbocycles. The minimum Gasteiger partial charge on any atom is -0.282 e. The van der Waals surface area contributed by atoms with Gasteiger partial charge < -0.3 is 0 Å². The number of nitrogens with two attached hydrogens (primary N) is 1. The van der Waals surface area contributed by atoms with Gasteiger partial charge in [-0.15, -0.1) is 9.32 Å². The number of aromatic nitrogens is 2. The van der Waals surface area contributed by atoms with Crippen molar-refractivity contribution in [2.75, 3.05) is 0 Å². The molecule has 1 aromatic heterocycles. The SMILES string of the molecule is CC.NOOSc1ccc2nc3c(nc2c1)-c1cccc2cc(S(=O)(=O)O)cc-3c12. The second-order valence-corrected chi connectivity index (χ2v) is 8.36. The van der Waals surface area contributed by atoms with Crippen molar-refractivity contribution in [2.24, 2.45) is 5.90 Å². The van der Waals surface area contributed by atoms with Crippen molar-refractivity contribution >= 4 is 44.0 Å². The molecule has 0 unspecified atom stereocenters. The maximum atomic E-state index is 11.7. The Morgan fingerprint density at radius 1 is 0.967 bits per heavy atom. The Bertz CT molecular complexity index is 1390. The number of benzene rings is 3. The summed E-state index contributed by atoms with van der Waals surface area (Å²) in [5, 5.41) is 1.55. The second kappa shape index (κ2) is 7.91. The zero-order chi connectivity index (χ0) is 21.5. The summed E-state index contributed by atoms with van der Waals surface area (Å²) in [7, 11) is -4.35. The van der Waals surface area contributed by atoms with Crippen LogP contribution in [-0.4, -0.2) is 22.9 Å². The van der Waals surface area contributed by atoms with Crippen LogP contribution in [0.3, 0.4) is 0 Å². The van der Waals surface area contributed by atoms with Gasteiger partial charge >= 0.3 is 0 Å². The second-order valence-electron chi connectivity index (χ2n) is 6.17. The predicted octanol–water partition coefficient (Wildman–Crippen LogP) is 4.53. The molecular weight excluding hydrogens is 426 g/mol. The molecule has 1 heterocycles.